The van der Waals surface area contributed by atoms with E-state index >= 15 is 0 Å². The highest BCUT2D eigenvalue weighted by Gasteiger charge is 2.41. The van der Waals surface area contributed by atoms with Crippen LogP contribution in [0.1, 0.15) is 31.2 Å². The average Bonchev–Trinajstić information content (AvgIpc) is 2.76. The number of nitrogens with one attached hydrogen (secondary N) is 1. The minimum Gasteiger partial charge on any atom is -0.342 e. The van der Waals surface area contributed by atoms with Crippen LogP contribution < -0.4 is 5.32 Å². The number of para-hydroxylation sites is 1. The summed E-state index contributed by atoms with van der Waals surface area (Å²) in [5.74, 6) is 0.253. The first kappa shape index (κ1) is 19.4. The molecule has 0 aliphatic carbocycles. The molecule has 2 aromatic rings. The van der Waals surface area contributed by atoms with Crippen LogP contribution in [0.5, 0.6) is 0 Å². The van der Waals surface area contributed by atoms with Crippen LogP contribution in [0.15, 0.2) is 54.9 Å². The topological polar surface area (TPSA) is 65.5 Å². The summed E-state index contributed by atoms with van der Waals surface area (Å²) in [6.45, 7) is 3.03. The smallest absolute Gasteiger partial charge is 0.321 e. The lowest BCUT2D eigenvalue weighted by Gasteiger charge is -2.47. The first-order valence-corrected chi connectivity index (χ1v) is 10.4. The molecule has 29 heavy (non-hydrogen) atoms. The Hall–Kier alpha value is -2.89. The first-order chi connectivity index (χ1) is 14.1. The summed E-state index contributed by atoms with van der Waals surface area (Å²) in [7, 11) is 0. The van der Waals surface area contributed by atoms with Crippen molar-refractivity contribution in [2.24, 2.45) is 5.41 Å². The zero-order valence-electron chi connectivity index (χ0n) is 16.7. The van der Waals surface area contributed by atoms with Gasteiger partial charge in [0.15, 0.2) is 0 Å². The Labute approximate surface area is 171 Å². The SMILES string of the molecule is O=C1CCC2(CCN(C(=O)Nc3ccccc3)CC2)CN1CCc1cccnc1. The lowest BCUT2D eigenvalue weighted by Crippen LogP contribution is -2.53. The average molecular weight is 393 g/mol. The standard InChI is InChI=1S/C23H28N4O2/c28-21-8-10-23(18-27(21)14-9-19-5-4-13-24-17-19)11-15-26(16-12-23)22(29)25-20-6-2-1-3-7-20/h1-7,13,17H,8-12,14-16,18H2,(H,25,29). The number of carbonyl (C=O) groups excluding carboxylic acids is 2. The van der Waals surface area contributed by atoms with Crippen LogP contribution in [0.4, 0.5) is 10.5 Å². The molecule has 2 saturated heterocycles. The lowest BCUT2D eigenvalue weighted by molar-refractivity contribution is -0.138. The van der Waals surface area contributed by atoms with Crippen molar-refractivity contribution in [1.82, 2.24) is 14.8 Å². The number of hydrogen-bond donors (Lipinski definition) is 1. The van der Waals surface area contributed by atoms with E-state index in [1.54, 1.807) is 6.20 Å². The van der Waals surface area contributed by atoms with E-state index in [1.165, 1.54) is 0 Å². The number of likely N-dealkylation sites (tertiary alicyclic amines) is 2. The molecule has 0 saturated carbocycles. The summed E-state index contributed by atoms with van der Waals surface area (Å²) in [6, 6.07) is 13.5. The minimum absolute atomic E-state index is 0.0358. The molecule has 1 N–H and O–H groups in total. The third kappa shape index (κ3) is 4.75. The first-order valence-electron chi connectivity index (χ1n) is 10.4. The molecule has 0 radical (unpaired) electrons. The summed E-state index contributed by atoms with van der Waals surface area (Å²) in [6.07, 6.45) is 7.92. The third-order valence-electron chi connectivity index (χ3n) is 6.28. The molecule has 1 aromatic heterocycles. The van der Waals surface area contributed by atoms with Gasteiger partial charge in [-0.05, 0) is 54.9 Å². The van der Waals surface area contributed by atoms with Crippen LogP contribution in [-0.4, -0.2) is 52.9 Å². The summed E-state index contributed by atoms with van der Waals surface area (Å²) in [5.41, 5.74) is 2.13. The molecule has 3 amide bonds. The number of pyridine rings is 1. The highest BCUT2D eigenvalue weighted by Crippen LogP contribution is 2.40. The normalized spacial score (nSPS) is 18.7. The van der Waals surface area contributed by atoms with Crippen molar-refractivity contribution in [3.05, 3.63) is 60.4 Å². The monoisotopic (exact) mass is 392 g/mol. The van der Waals surface area contributed by atoms with Gasteiger partial charge in [0.2, 0.25) is 5.91 Å². The number of amides is 3. The largest absolute Gasteiger partial charge is 0.342 e. The fourth-order valence-corrected chi connectivity index (χ4v) is 4.43. The van der Waals surface area contributed by atoms with E-state index in [1.807, 2.05) is 52.4 Å². The maximum atomic E-state index is 12.6. The zero-order chi connectivity index (χ0) is 20.1. The molecule has 0 atom stereocenters. The second kappa shape index (κ2) is 8.64. The predicted octanol–water partition coefficient (Wildman–Crippen LogP) is 3.56. The van der Waals surface area contributed by atoms with Gasteiger partial charge in [0.05, 0.1) is 0 Å². The fraction of sp³-hybridized carbons (Fsp3) is 0.435. The lowest BCUT2D eigenvalue weighted by atomic mass is 9.72. The summed E-state index contributed by atoms with van der Waals surface area (Å²) in [4.78, 5) is 33.1. The molecule has 0 unspecified atom stereocenters. The Morgan fingerprint density at radius 2 is 1.86 bits per heavy atom. The van der Waals surface area contributed by atoms with Gasteiger partial charge >= 0.3 is 6.03 Å². The second-order valence-electron chi connectivity index (χ2n) is 8.21. The molecule has 152 valence electrons. The van der Waals surface area contributed by atoms with Crippen molar-refractivity contribution in [1.29, 1.82) is 0 Å². The van der Waals surface area contributed by atoms with Gasteiger partial charge < -0.3 is 15.1 Å². The quantitative estimate of drug-likeness (QED) is 0.865. The van der Waals surface area contributed by atoms with E-state index in [2.05, 4.69) is 16.4 Å². The third-order valence-corrected chi connectivity index (χ3v) is 6.28. The van der Waals surface area contributed by atoms with Crippen molar-refractivity contribution in [2.45, 2.75) is 32.1 Å². The van der Waals surface area contributed by atoms with Crippen molar-refractivity contribution in [3.8, 4) is 0 Å². The van der Waals surface area contributed by atoms with E-state index in [9.17, 15) is 9.59 Å². The molecule has 2 fully saturated rings. The van der Waals surface area contributed by atoms with Crippen LogP contribution in [0, 0.1) is 5.41 Å². The number of piperidine rings is 2. The van der Waals surface area contributed by atoms with E-state index in [0.717, 1.165) is 63.1 Å². The summed E-state index contributed by atoms with van der Waals surface area (Å²) < 4.78 is 0. The van der Waals surface area contributed by atoms with Gasteiger partial charge in [-0.15, -0.1) is 0 Å². The number of urea groups is 1. The number of rotatable bonds is 4. The maximum absolute atomic E-state index is 12.6. The number of hydrogen-bond acceptors (Lipinski definition) is 3. The number of nitrogens with zero attached hydrogens (tertiary/aromatic N) is 3. The minimum atomic E-state index is -0.0358. The molecule has 0 bridgehead atoms. The maximum Gasteiger partial charge on any atom is 0.321 e. The Balaban J connectivity index is 1.31. The van der Waals surface area contributed by atoms with Crippen LogP contribution in [0.3, 0.4) is 0 Å². The fourth-order valence-electron chi connectivity index (χ4n) is 4.43. The van der Waals surface area contributed by atoms with Gasteiger partial charge in [-0.2, -0.15) is 0 Å². The van der Waals surface area contributed by atoms with E-state index in [4.69, 9.17) is 0 Å². The van der Waals surface area contributed by atoms with Gasteiger partial charge in [-0.1, -0.05) is 24.3 Å². The van der Waals surface area contributed by atoms with Crippen LogP contribution in [0.25, 0.3) is 0 Å². The Bertz CT molecular complexity index is 832. The molecule has 4 rings (SSSR count). The molecule has 1 aromatic carbocycles. The van der Waals surface area contributed by atoms with Gasteiger partial charge in [-0.3, -0.25) is 9.78 Å². The van der Waals surface area contributed by atoms with Gasteiger partial charge in [0.1, 0.15) is 0 Å². The van der Waals surface area contributed by atoms with Crippen LogP contribution in [-0.2, 0) is 11.2 Å². The number of benzene rings is 1. The molecule has 3 heterocycles. The highest BCUT2D eigenvalue weighted by atomic mass is 16.2. The van der Waals surface area contributed by atoms with E-state index < -0.39 is 0 Å². The highest BCUT2D eigenvalue weighted by molar-refractivity contribution is 5.89. The van der Waals surface area contributed by atoms with Crippen molar-refractivity contribution in [3.63, 3.8) is 0 Å². The van der Waals surface area contributed by atoms with Gasteiger partial charge in [0, 0.05) is 50.7 Å². The number of carbonyl (C=O) groups is 2. The molecule has 6 nitrogen and oxygen atoms in total. The molecule has 2 aliphatic heterocycles. The van der Waals surface area contributed by atoms with Crippen LogP contribution in [0.2, 0.25) is 0 Å². The molecule has 1 spiro atoms. The van der Waals surface area contributed by atoms with Crippen LogP contribution >= 0.6 is 0 Å². The Kier molecular flexibility index (Phi) is 5.79. The Morgan fingerprint density at radius 1 is 1.07 bits per heavy atom. The zero-order valence-corrected chi connectivity index (χ0v) is 16.7. The van der Waals surface area contributed by atoms with E-state index in [0.29, 0.717) is 6.42 Å². The van der Waals surface area contributed by atoms with E-state index in [-0.39, 0.29) is 17.4 Å². The van der Waals surface area contributed by atoms with Gasteiger partial charge in [-0.25, -0.2) is 4.79 Å². The second-order valence-corrected chi connectivity index (χ2v) is 8.21. The molecular weight excluding hydrogens is 364 g/mol. The van der Waals surface area contributed by atoms with Crippen molar-refractivity contribution < 1.29 is 9.59 Å². The van der Waals surface area contributed by atoms with Gasteiger partial charge in [0.25, 0.3) is 0 Å². The number of anilines is 1. The summed E-state index contributed by atoms with van der Waals surface area (Å²) >= 11 is 0. The number of aromatic nitrogens is 1. The Morgan fingerprint density at radius 3 is 2.59 bits per heavy atom. The van der Waals surface area contributed by atoms with Crippen molar-refractivity contribution in [2.75, 3.05) is 31.5 Å². The summed E-state index contributed by atoms with van der Waals surface area (Å²) in [5, 5.41) is 2.97. The molecule has 2 aliphatic rings. The predicted molar refractivity (Wildman–Crippen MR) is 112 cm³/mol. The molecule has 6 heteroatoms. The van der Waals surface area contributed by atoms with Crippen molar-refractivity contribution >= 4 is 17.6 Å². The molecular formula is C23H28N4O2.